The predicted octanol–water partition coefficient (Wildman–Crippen LogP) is 9.56. The van der Waals surface area contributed by atoms with Crippen molar-refractivity contribution in [3.63, 3.8) is 0 Å². The normalized spacial score (nSPS) is 15.6. The van der Waals surface area contributed by atoms with Crippen LogP contribution >= 0.6 is 0 Å². The van der Waals surface area contributed by atoms with Crippen molar-refractivity contribution in [1.82, 2.24) is 4.98 Å². The van der Waals surface area contributed by atoms with Gasteiger partial charge >= 0.3 is 0 Å². The minimum absolute atomic E-state index is 0.535. The van der Waals surface area contributed by atoms with E-state index in [9.17, 15) is 0 Å². The maximum absolute atomic E-state index is 6.84. The van der Waals surface area contributed by atoms with Gasteiger partial charge in [-0.25, -0.2) is 0 Å². The molecule has 0 radical (unpaired) electrons. The molecule has 0 atom stereocenters. The third-order valence-electron chi connectivity index (χ3n) is 8.11. The van der Waals surface area contributed by atoms with Gasteiger partial charge in [0.2, 0.25) is 0 Å². The summed E-state index contributed by atoms with van der Waals surface area (Å²) in [6.45, 7) is 4.56. The maximum Gasteiger partial charge on any atom is 0.140 e. The highest BCUT2D eigenvalue weighted by Gasteiger charge is 2.28. The summed E-state index contributed by atoms with van der Waals surface area (Å²) in [6.07, 6.45) is 9.63. The molecule has 35 heavy (non-hydrogen) atoms. The number of hydrogen-bond acceptors (Lipinski definition) is 2. The second-order valence-electron chi connectivity index (χ2n) is 10.9. The van der Waals surface area contributed by atoms with E-state index in [1.807, 2.05) is 6.20 Å². The summed E-state index contributed by atoms with van der Waals surface area (Å²) < 4.78 is 6.84. The van der Waals surface area contributed by atoms with Crippen LogP contribution in [0.2, 0.25) is 0 Å². The van der Waals surface area contributed by atoms with Gasteiger partial charge in [-0.05, 0) is 81.8 Å². The van der Waals surface area contributed by atoms with Crippen LogP contribution in [-0.2, 0) is 6.42 Å². The highest BCUT2D eigenvalue weighted by molar-refractivity contribution is 6.17. The van der Waals surface area contributed by atoms with E-state index in [-0.39, 0.29) is 0 Å². The van der Waals surface area contributed by atoms with Crippen LogP contribution in [0.25, 0.3) is 43.6 Å². The summed E-state index contributed by atoms with van der Waals surface area (Å²) in [5.41, 5.74) is 5.01. The molecular formula is C33H31NO. The molecular weight excluding hydrogens is 426 g/mol. The summed E-state index contributed by atoms with van der Waals surface area (Å²) in [7, 11) is 0. The molecule has 2 heteroatoms. The first-order valence-electron chi connectivity index (χ1n) is 13.3. The van der Waals surface area contributed by atoms with Crippen molar-refractivity contribution >= 4 is 32.3 Å². The quantitative estimate of drug-likeness (QED) is 0.247. The predicted molar refractivity (Wildman–Crippen MR) is 147 cm³/mol. The van der Waals surface area contributed by atoms with E-state index in [1.165, 1.54) is 75.5 Å². The van der Waals surface area contributed by atoms with Gasteiger partial charge in [-0.15, -0.1) is 0 Å². The minimum atomic E-state index is 0.535. The van der Waals surface area contributed by atoms with Crippen LogP contribution in [0.5, 0.6) is 11.5 Å². The molecule has 0 amide bonds. The van der Waals surface area contributed by atoms with Gasteiger partial charge in [0.15, 0.2) is 0 Å². The zero-order valence-electron chi connectivity index (χ0n) is 20.6. The zero-order valence-corrected chi connectivity index (χ0v) is 20.6. The molecule has 7 rings (SSSR count). The highest BCUT2D eigenvalue weighted by atomic mass is 16.5. The lowest BCUT2D eigenvalue weighted by Gasteiger charge is -2.27. The Balaban J connectivity index is 1.55. The van der Waals surface area contributed by atoms with Gasteiger partial charge < -0.3 is 4.74 Å². The Bertz CT molecular complexity index is 1610. The topological polar surface area (TPSA) is 22.1 Å². The molecule has 0 unspecified atom stereocenters. The van der Waals surface area contributed by atoms with Crippen LogP contribution in [-0.4, -0.2) is 4.98 Å². The zero-order chi connectivity index (χ0) is 23.5. The fourth-order valence-electron chi connectivity index (χ4n) is 6.61. The van der Waals surface area contributed by atoms with Crippen molar-refractivity contribution in [3.8, 4) is 22.8 Å². The monoisotopic (exact) mass is 457 g/mol. The minimum Gasteiger partial charge on any atom is -0.456 e. The lowest BCUT2D eigenvalue weighted by Crippen LogP contribution is -2.07. The first kappa shape index (κ1) is 20.9. The van der Waals surface area contributed by atoms with Crippen molar-refractivity contribution in [2.45, 2.75) is 58.3 Å². The lowest BCUT2D eigenvalue weighted by molar-refractivity contribution is 0.445. The number of ether oxygens (including phenoxy) is 1. The lowest BCUT2D eigenvalue weighted by atomic mass is 9.80. The Labute approximate surface area is 207 Å². The third-order valence-corrected chi connectivity index (χ3v) is 8.11. The average molecular weight is 458 g/mol. The molecule has 1 aliphatic carbocycles. The standard InChI is InChI=1S/C33H31NO/c1-20(2)17-27-24-13-7-6-11-22(24)18-28-32-31-26(15-16-34-32)30-23(19-29(31)35-33(27)28)12-8-14-25(30)21-9-4-3-5-10-21/h6-8,11-16,18-21H,3-5,9-10,17H2,1-2H3. The van der Waals surface area contributed by atoms with Gasteiger partial charge in [0.25, 0.3) is 0 Å². The van der Waals surface area contributed by atoms with Crippen molar-refractivity contribution < 1.29 is 4.74 Å². The van der Waals surface area contributed by atoms with Crippen LogP contribution < -0.4 is 4.74 Å². The summed E-state index contributed by atoms with van der Waals surface area (Å²) in [5, 5.41) is 7.68. The molecule has 0 spiro atoms. The van der Waals surface area contributed by atoms with E-state index in [1.54, 1.807) is 0 Å². The summed E-state index contributed by atoms with van der Waals surface area (Å²) in [6, 6.07) is 22.3. The molecule has 5 aromatic rings. The molecule has 4 aromatic carbocycles. The van der Waals surface area contributed by atoms with Gasteiger partial charge in [0.1, 0.15) is 11.5 Å². The summed E-state index contributed by atoms with van der Waals surface area (Å²) >= 11 is 0. The molecule has 1 aromatic heterocycles. The molecule has 174 valence electrons. The van der Waals surface area contributed by atoms with Crippen LogP contribution in [0.1, 0.15) is 63.0 Å². The Hall–Kier alpha value is -3.39. The van der Waals surface area contributed by atoms with E-state index in [4.69, 9.17) is 9.72 Å². The molecule has 0 saturated heterocycles. The summed E-state index contributed by atoms with van der Waals surface area (Å²) in [4.78, 5) is 4.97. The van der Waals surface area contributed by atoms with Crippen LogP contribution in [0, 0.1) is 5.92 Å². The highest BCUT2D eigenvalue weighted by Crippen LogP contribution is 2.52. The fraction of sp³-hybridized carbons (Fsp3) is 0.303. The van der Waals surface area contributed by atoms with Crippen molar-refractivity contribution in [3.05, 3.63) is 78.0 Å². The van der Waals surface area contributed by atoms with E-state index in [2.05, 4.69) is 74.5 Å². The molecule has 0 bridgehead atoms. The first-order valence-corrected chi connectivity index (χ1v) is 13.3. The van der Waals surface area contributed by atoms with Crippen molar-refractivity contribution in [2.24, 2.45) is 5.92 Å². The molecule has 2 nitrogen and oxygen atoms in total. The molecule has 1 saturated carbocycles. The van der Waals surface area contributed by atoms with Crippen LogP contribution in [0.3, 0.4) is 0 Å². The maximum atomic E-state index is 6.84. The molecule has 1 fully saturated rings. The Morgan fingerprint density at radius 1 is 0.857 bits per heavy atom. The van der Waals surface area contributed by atoms with Gasteiger partial charge in [-0.1, -0.05) is 75.6 Å². The molecule has 1 aliphatic heterocycles. The number of aromatic nitrogens is 1. The molecule has 2 heterocycles. The third kappa shape index (κ3) is 3.26. The van der Waals surface area contributed by atoms with Crippen LogP contribution in [0.15, 0.2) is 66.9 Å². The average Bonchev–Trinajstić information content (AvgIpc) is 2.89. The second-order valence-corrected chi connectivity index (χ2v) is 10.9. The van der Waals surface area contributed by atoms with Gasteiger partial charge in [0.05, 0.1) is 11.1 Å². The molecule has 2 aliphatic rings. The second kappa shape index (κ2) is 8.09. The van der Waals surface area contributed by atoms with Gasteiger partial charge in [0, 0.05) is 17.3 Å². The fourth-order valence-corrected chi connectivity index (χ4v) is 6.61. The number of benzene rings is 4. The van der Waals surface area contributed by atoms with E-state index in [0.717, 1.165) is 29.2 Å². The van der Waals surface area contributed by atoms with Crippen molar-refractivity contribution in [2.75, 3.05) is 0 Å². The number of pyridine rings is 1. The van der Waals surface area contributed by atoms with Gasteiger partial charge in [-0.3, -0.25) is 4.98 Å². The smallest absolute Gasteiger partial charge is 0.140 e. The van der Waals surface area contributed by atoms with E-state index in [0.29, 0.717) is 11.8 Å². The Morgan fingerprint density at radius 2 is 1.69 bits per heavy atom. The number of nitrogens with zero attached hydrogens (tertiary/aromatic N) is 1. The number of fused-ring (bicyclic) bond motifs is 5. The first-order chi connectivity index (χ1) is 17.2. The van der Waals surface area contributed by atoms with Gasteiger partial charge in [-0.2, -0.15) is 0 Å². The number of rotatable bonds is 3. The summed E-state index contributed by atoms with van der Waals surface area (Å²) in [5.74, 6) is 3.13. The van der Waals surface area contributed by atoms with E-state index >= 15 is 0 Å². The Kier molecular flexibility index (Phi) is 4.84. The van der Waals surface area contributed by atoms with Crippen molar-refractivity contribution in [1.29, 1.82) is 0 Å². The Morgan fingerprint density at radius 3 is 2.54 bits per heavy atom. The number of hydrogen-bond donors (Lipinski definition) is 0. The van der Waals surface area contributed by atoms with E-state index < -0.39 is 0 Å². The van der Waals surface area contributed by atoms with Crippen LogP contribution in [0.4, 0.5) is 0 Å². The molecule has 0 N–H and O–H groups in total. The largest absolute Gasteiger partial charge is 0.456 e. The SMILES string of the molecule is CC(C)Cc1c2c(cc3ccccc13)-c1nccc3c1c(cc1cccc(C4CCCCC4)c13)O2.